The molecule has 1 aliphatic carbocycles. The summed E-state index contributed by atoms with van der Waals surface area (Å²) >= 11 is 6.70. The van der Waals surface area contributed by atoms with Gasteiger partial charge in [0.25, 0.3) is 0 Å². The maximum atomic E-state index is 13.6. The molecule has 0 fully saturated rings. The van der Waals surface area contributed by atoms with Gasteiger partial charge in [0, 0.05) is 24.8 Å². The molecule has 1 N–H and O–H groups in total. The van der Waals surface area contributed by atoms with Crippen molar-refractivity contribution in [3.63, 3.8) is 0 Å². The molecule has 0 bridgehead atoms. The monoisotopic (exact) mass is 497 g/mol. The predicted molar refractivity (Wildman–Crippen MR) is 125 cm³/mol. The van der Waals surface area contributed by atoms with Crippen LogP contribution in [-0.4, -0.2) is 55.0 Å². The number of halogens is 5. The number of nitrogens with one attached hydrogen (secondary N) is 1. The Balaban J connectivity index is 1.66. The molecule has 1 aliphatic heterocycles. The highest BCUT2D eigenvalue weighted by molar-refractivity contribution is 6.32. The summed E-state index contributed by atoms with van der Waals surface area (Å²) in [5.41, 5.74) is 4.60. The van der Waals surface area contributed by atoms with Crippen LogP contribution in [0.15, 0.2) is 42.1 Å². The van der Waals surface area contributed by atoms with E-state index >= 15 is 0 Å². The second-order valence-electron chi connectivity index (χ2n) is 8.73. The molecule has 1 aromatic heterocycles. The Kier molecular flexibility index (Phi) is 7.80. The number of aromatic nitrogens is 1. The topological polar surface area (TPSA) is 37.4 Å². The molecule has 2 aromatic rings. The van der Waals surface area contributed by atoms with Crippen molar-refractivity contribution in [3.8, 4) is 5.75 Å². The number of fused-ring (bicyclic) bond motifs is 2. The van der Waals surface area contributed by atoms with Gasteiger partial charge in [0.05, 0.1) is 25.0 Å². The summed E-state index contributed by atoms with van der Waals surface area (Å²) in [6, 6.07) is 8.53. The number of benzene rings is 1. The molecule has 0 saturated carbocycles. The van der Waals surface area contributed by atoms with Gasteiger partial charge in [0.15, 0.2) is 0 Å². The molecule has 2 heterocycles. The van der Waals surface area contributed by atoms with E-state index in [1.165, 1.54) is 11.1 Å². The first-order valence-corrected chi connectivity index (χ1v) is 11.8. The van der Waals surface area contributed by atoms with Crippen molar-refractivity contribution in [1.82, 2.24) is 15.2 Å². The third-order valence-electron chi connectivity index (χ3n) is 6.36. The van der Waals surface area contributed by atoms with Crippen LogP contribution in [0, 0.1) is 0 Å². The average Bonchev–Trinajstić information content (AvgIpc) is 3.15. The third-order valence-corrected chi connectivity index (χ3v) is 6.74. The predicted octanol–water partition coefficient (Wildman–Crippen LogP) is 5.77. The first-order chi connectivity index (χ1) is 16.3. The Morgan fingerprint density at radius 3 is 2.76 bits per heavy atom. The lowest BCUT2D eigenvalue weighted by molar-refractivity contribution is -0.155. The smallest absolute Gasteiger partial charge is 0.401 e. The molecule has 184 valence electrons. The first-order valence-electron chi connectivity index (χ1n) is 11.5. The van der Waals surface area contributed by atoms with Gasteiger partial charge >= 0.3 is 6.18 Å². The lowest BCUT2D eigenvalue weighted by Gasteiger charge is -2.42. The maximum absolute atomic E-state index is 13.6. The fourth-order valence-corrected chi connectivity index (χ4v) is 5.16. The van der Waals surface area contributed by atoms with Crippen LogP contribution in [0.1, 0.15) is 42.6 Å². The minimum Gasteiger partial charge on any atom is -0.491 e. The molecular formula is C25H28ClF4N3O. The number of alkyl halides is 4. The number of rotatable bonds is 9. The van der Waals surface area contributed by atoms with Crippen LogP contribution >= 0.6 is 11.6 Å². The quantitative estimate of drug-likeness (QED) is 0.352. The van der Waals surface area contributed by atoms with Gasteiger partial charge in [-0.2, -0.15) is 13.2 Å². The highest BCUT2D eigenvalue weighted by Gasteiger charge is 2.44. The summed E-state index contributed by atoms with van der Waals surface area (Å²) in [7, 11) is 0. The normalized spacial score (nSPS) is 20.4. The molecule has 4 rings (SSSR count). The Hall–Kier alpha value is -2.16. The van der Waals surface area contributed by atoms with Gasteiger partial charge < -0.3 is 10.1 Å². The number of hydrogen-bond donors (Lipinski definition) is 1. The van der Waals surface area contributed by atoms with E-state index in [-0.39, 0.29) is 17.7 Å². The fourth-order valence-electron chi connectivity index (χ4n) is 4.89. The summed E-state index contributed by atoms with van der Waals surface area (Å²) in [5.74, 6) is 0.377. The van der Waals surface area contributed by atoms with Gasteiger partial charge in [-0.3, -0.25) is 14.3 Å². The summed E-state index contributed by atoms with van der Waals surface area (Å²) < 4.78 is 58.9. The maximum Gasteiger partial charge on any atom is 0.401 e. The summed E-state index contributed by atoms with van der Waals surface area (Å²) in [5, 5.41) is 3.29. The lowest BCUT2D eigenvalue weighted by Crippen LogP contribution is -2.46. The van der Waals surface area contributed by atoms with Crippen molar-refractivity contribution in [2.75, 3.05) is 32.9 Å². The summed E-state index contributed by atoms with van der Waals surface area (Å²) in [4.78, 5) is 5.92. The minimum atomic E-state index is -4.36. The van der Waals surface area contributed by atoms with Gasteiger partial charge in [-0.25, -0.2) is 0 Å². The fraction of sp³-hybridized carbons (Fsp3) is 0.480. The minimum absolute atomic E-state index is 0.223. The molecule has 34 heavy (non-hydrogen) atoms. The molecule has 0 spiro atoms. The van der Waals surface area contributed by atoms with Crippen LogP contribution in [0.25, 0.3) is 5.57 Å². The van der Waals surface area contributed by atoms with Crippen LogP contribution < -0.4 is 10.1 Å². The zero-order valence-corrected chi connectivity index (χ0v) is 19.7. The molecule has 4 nitrogen and oxygen atoms in total. The first kappa shape index (κ1) is 24.9. The highest BCUT2D eigenvalue weighted by atomic mass is 35.5. The molecule has 1 aromatic carbocycles. The Labute approximate surface area is 202 Å². The number of ether oxygens (including phenoxy) is 1. The van der Waals surface area contributed by atoms with Crippen molar-refractivity contribution < 1.29 is 22.3 Å². The van der Waals surface area contributed by atoms with Crippen LogP contribution in [0.2, 0.25) is 5.02 Å². The zero-order chi connectivity index (χ0) is 24.3. The molecule has 0 amide bonds. The van der Waals surface area contributed by atoms with E-state index in [4.69, 9.17) is 16.3 Å². The third kappa shape index (κ3) is 5.39. The van der Waals surface area contributed by atoms with E-state index in [1.54, 1.807) is 6.07 Å². The average molecular weight is 498 g/mol. The van der Waals surface area contributed by atoms with Crippen molar-refractivity contribution >= 4 is 17.2 Å². The zero-order valence-electron chi connectivity index (χ0n) is 19.0. The van der Waals surface area contributed by atoms with Crippen molar-refractivity contribution in [2.45, 2.75) is 44.4 Å². The van der Waals surface area contributed by atoms with Crippen LogP contribution in [0.5, 0.6) is 5.75 Å². The van der Waals surface area contributed by atoms with Crippen molar-refractivity contribution in [3.05, 3.63) is 63.9 Å². The van der Waals surface area contributed by atoms with Crippen LogP contribution in [0.4, 0.5) is 17.6 Å². The van der Waals surface area contributed by atoms with E-state index in [0.717, 1.165) is 22.3 Å². The molecule has 2 atom stereocenters. The molecule has 0 saturated heterocycles. The van der Waals surface area contributed by atoms with Crippen molar-refractivity contribution in [1.29, 1.82) is 0 Å². The molecule has 2 aliphatic rings. The van der Waals surface area contributed by atoms with Gasteiger partial charge in [-0.15, -0.1) is 0 Å². The second kappa shape index (κ2) is 10.6. The standard InChI is InChI=1S/C25H28ClF4N3O/c1-16-13-19-18-6-3-2-5-17(18)14-20(19)24(33(16)15-25(28,29)30)23-22(26)21(7-10-32-23)34-12-11-31-9-4-8-27/h2-3,5-7,10,16,24,31H,4,8-9,11-15H2,1H3/t16-,24+/m1/s1. The van der Waals surface area contributed by atoms with E-state index in [9.17, 15) is 17.6 Å². The van der Waals surface area contributed by atoms with Gasteiger partial charge in [-0.05, 0) is 55.0 Å². The van der Waals surface area contributed by atoms with E-state index in [0.29, 0.717) is 50.4 Å². The Bertz CT molecular complexity index is 1040. The number of pyridine rings is 1. The molecule has 0 radical (unpaired) electrons. The molecule has 9 heteroatoms. The second-order valence-corrected chi connectivity index (χ2v) is 9.11. The van der Waals surface area contributed by atoms with Gasteiger partial charge in [0.2, 0.25) is 0 Å². The van der Waals surface area contributed by atoms with E-state index in [1.807, 2.05) is 31.2 Å². The highest BCUT2D eigenvalue weighted by Crippen LogP contribution is 2.50. The van der Waals surface area contributed by atoms with Crippen molar-refractivity contribution in [2.24, 2.45) is 0 Å². The number of nitrogens with zero attached hydrogens (tertiary/aromatic N) is 2. The van der Waals surface area contributed by atoms with Crippen LogP contribution in [-0.2, 0) is 6.42 Å². The largest absolute Gasteiger partial charge is 0.491 e. The van der Waals surface area contributed by atoms with E-state index < -0.39 is 18.8 Å². The lowest BCUT2D eigenvalue weighted by atomic mass is 9.87. The molecule has 0 unspecified atom stereocenters. The Morgan fingerprint density at radius 2 is 2.00 bits per heavy atom. The number of hydrogen-bond acceptors (Lipinski definition) is 4. The van der Waals surface area contributed by atoms with Crippen LogP contribution in [0.3, 0.4) is 0 Å². The Morgan fingerprint density at radius 1 is 1.21 bits per heavy atom. The molecular weight excluding hydrogens is 470 g/mol. The SMILES string of the molecule is C[C@@H]1CC2=C(Cc3ccccc32)[C@@H](c2nccc(OCCNCCCF)c2Cl)N1CC(F)(F)F. The van der Waals surface area contributed by atoms with Gasteiger partial charge in [0.1, 0.15) is 17.4 Å². The van der Waals surface area contributed by atoms with Gasteiger partial charge in [-0.1, -0.05) is 35.9 Å². The summed E-state index contributed by atoms with van der Waals surface area (Å²) in [6.45, 7) is 1.72. The van der Waals surface area contributed by atoms with E-state index in [2.05, 4.69) is 10.3 Å². The summed E-state index contributed by atoms with van der Waals surface area (Å²) in [6.07, 6.45) is -1.30.